The van der Waals surface area contributed by atoms with E-state index in [2.05, 4.69) is 39.9 Å². The van der Waals surface area contributed by atoms with Crippen molar-refractivity contribution in [3.63, 3.8) is 0 Å². The molecule has 106 valence electrons. The van der Waals surface area contributed by atoms with E-state index < -0.39 is 0 Å². The molecule has 0 fully saturated rings. The molecule has 3 heteroatoms. The number of amides is 1. The van der Waals surface area contributed by atoms with Crippen LogP contribution in [0.5, 0.6) is 0 Å². The van der Waals surface area contributed by atoms with Gasteiger partial charge in [-0.2, -0.15) is 0 Å². The highest BCUT2D eigenvalue weighted by atomic mass is 16.5. The molecule has 0 saturated carbocycles. The number of hydrogen-bond acceptors (Lipinski definition) is 2. The number of alkyl carbamates (subject to hydrolysis) is 1. The van der Waals surface area contributed by atoms with Gasteiger partial charge in [-0.25, -0.2) is 4.79 Å². The lowest BCUT2D eigenvalue weighted by atomic mass is 9.80. The highest BCUT2D eigenvalue weighted by molar-refractivity contribution is 5.67. The first-order valence-electron chi connectivity index (χ1n) is 6.78. The molecule has 0 spiro atoms. The van der Waals surface area contributed by atoms with Gasteiger partial charge in [0.25, 0.3) is 0 Å². The number of benzene rings is 1. The van der Waals surface area contributed by atoms with Crippen molar-refractivity contribution in [2.24, 2.45) is 11.3 Å². The quantitative estimate of drug-likeness (QED) is 0.892. The summed E-state index contributed by atoms with van der Waals surface area (Å²) < 4.78 is 5.25. The molecule has 3 nitrogen and oxygen atoms in total. The average molecular weight is 263 g/mol. The van der Waals surface area contributed by atoms with Crippen molar-refractivity contribution in [1.82, 2.24) is 5.32 Å². The monoisotopic (exact) mass is 263 g/mol. The van der Waals surface area contributed by atoms with E-state index in [1.54, 1.807) is 0 Å². The number of carbonyl (C=O) groups excluding carboxylic acids is 1. The Kier molecular flexibility index (Phi) is 5.40. The molecule has 1 atom stereocenters. The second-order valence-electron chi connectivity index (χ2n) is 6.29. The van der Waals surface area contributed by atoms with Crippen molar-refractivity contribution < 1.29 is 9.53 Å². The molecule has 0 aliphatic carbocycles. The summed E-state index contributed by atoms with van der Waals surface area (Å²) in [6.45, 7) is 10.9. The Labute approximate surface area is 116 Å². The third-order valence-electron chi connectivity index (χ3n) is 3.09. The molecule has 1 aromatic rings. The number of carbonyl (C=O) groups is 1. The van der Waals surface area contributed by atoms with Crippen LogP contribution in [0.4, 0.5) is 4.79 Å². The zero-order valence-corrected chi connectivity index (χ0v) is 12.6. The first-order valence-corrected chi connectivity index (χ1v) is 6.78. The van der Waals surface area contributed by atoms with Crippen LogP contribution in [-0.4, -0.2) is 12.1 Å². The van der Waals surface area contributed by atoms with Crippen LogP contribution >= 0.6 is 0 Å². The summed E-state index contributed by atoms with van der Waals surface area (Å²) in [5.41, 5.74) is 1.01. The average Bonchev–Trinajstić information content (AvgIpc) is 2.33. The van der Waals surface area contributed by atoms with Crippen molar-refractivity contribution in [3.8, 4) is 0 Å². The van der Waals surface area contributed by atoms with Gasteiger partial charge in [-0.3, -0.25) is 0 Å². The van der Waals surface area contributed by atoms with Gasteiger partial charge in [0.15, 0.2) is 0 Å². The van der Waals surface area contributed by atoms with E-state index in [0.717, 1.165) is 5.56 Å². The van der Waals surface area contributed by atoms with Crippen LogP contribution in [0, 0.1) is 11.3 Å². The molecule has 1 unspecified atom stereocenters. The SMILES string of the molecule is CC(C)C(NC(=O)OCc1ccccc1)C(C)(C)C. The van der Waals surface area contributed by atoms with Gasteiger partial charge in [0.2, 0.25) is 0 Å². The number of ether oxygens (including phenoxy) is 1. The summed E-state index contributed by atoms with van der Waals surface area (Å²) >= 11 is 0. The minimum Gasteiger partial charge on any atom is -0.445 e. The van der Waals surface area contributed by atoms with Crippen molar-refractivity contribution >= 4 is 6.09 Å². The smallest absolute Gasteiger partial charge is 0.407 e. The van der Waals surface area contributed by atoms with E-state index in [1.807, 2.05) is 30.3 Å². The third-order valence-corrected chi connectivity index (χ3v) is 3.09. The van der Waals surface area contributed by atoms with E-state index in [9.17, 15) is 4.79 Å². The van der Waals surface area contributed by atoms with Gasteiger partial charge in [-0.05, 0) is 16.9 Å². The largest absolute Gasteiger partial charge is 0.445 e. The minimum absolute atomic E-state index is 0.0138. The summed E-state index contributed by atoms with van der Waals surface area (Å²) in [7, 11) is 0. The van der Waals surface area contributed by atoms with Gasteiger partial charge in [0.1, 0.15) is 6.61 Å². The Morgan fingerprint density at radius 1 is 1.21 bits per heavy atom. The van der Waals surface area contributed by atoms with Crippen LogP contribution in [0.15, 0.2) is 30.3 Å². The molecule has 1 amide bonds. The predicted molar refractivity (Wildman–Crippen MR) is 77.8 cm³/mol. The number of nitrogens with one attached hydrogen (secondary N) is 1. The van der Waals surface area contributed by atoms with Gasteiger partial charge in [0.05, 0.1) is 0 Å². The summed E-state index contributed by atoms with van der Waals surface area (Å²) in [5.74, 6) is 0.365. The Morgan fingerprint density at radius 3 is 2.26 bits per heavy atom. The summed E-state index contributed by atoms with van der Waals surface area (Å²) in [6, 6.07) is 9.79. The molecule has 0 saturated heterocycles. The molecule has 0 bridgehead atoms. The number of rotatable bonds is 4. The Balaban J connectivity index is 2.50. The molecule has 1 N–H and O–H groups in total. The third kappa shape index (κ3) is 5.33. The lowest BCUT2D eigenvalue weighted by Gasteiger charge is -2.34. The van der Waals surface area contributed by atoms with Gasteiger partial charge >= 0.3 is 6.09 Å². The summed E-state index contributed by atoms with van der Waals surface area (Å²) in [5, 5.41) is 2.97. The molecule has 1 aromatic carbocycles. The van der Waals surface area contributed by atoms with Crippen molar-refractivity contribution in [2.75, 3.05) is 0 Å². The van der Waals surface area contributed by atoms with Crippen LogP contribution in [0.2, 0.25) is 0 Å². The van der Waals surface area contributed by atoms with Crippen molar-refractivity contribution in [1.29, 1.82) is 0 Å². The first kappa shape index (κ1) is 15.5. The zero-order chi connectivity index (χ0) is 14.5. The fourth-order valence-electron chi connectivity index (χ4n) is 2.27. The van der Waals surface area contributed by atoms with Crippen LogP contribution in [0.25, 0.3) is 0 Å². The molecule has 19 heavy (non-hydrogen) atoms. The van der Waals surface area contributed by atoms with Gasteiger partial charge in [-0.1, -0.05) is 65.0 Å². The molecule has 0 aromatic heterocycles. The molecule has 0 aliphatic heterocycles. The fourth-order valence-corrected chi connectivity index (χ4v) is 2.27. The highest BCUT2D eigenvalue weighted by Gasteiger charge is 2.29. The normalized spacial score (nSPS) is 13.2. The topological polar surface area (TPSA) is 38.3 Å². The Hall–Kier alpha value is -1.51. The minimum atomic E-state index is -0.350. The van der Waals surface area contributed by atoms with E-state index >= 15 is 0 Å². The van der Waals surface area contributed by atoms with E-state index in [-0.39, 0.29) is 17.6 Å². The predicted octanol–water partition coefficient (Wildman–Crippen LogP) is 3.98. The molecule has 0 heterocycles. The zero-order valence-electron chi connectivity index (χ0n) is 12.6. The van der Waals surface area contributed by atoms with Gasteiger partial charge in [-0.15, -0.1) is 0 Å². The lowest BCUT2D eigenvalue weighted by molar-refractivity contribution is 0.118. The van der Waals surface area contributed by atoms with Gasteiger partial charge in [0, 0.05) is 6.04 Å². The van der Waals surface area contributed by atoms with E-state index in [4.69, 9.17) is 4.74 Å². The molecular weight excluding hydrogens is 238 g/mol. The summed E-state index contributed by atoms with van der Waals surface area (Å²) in [6.07, 6.45) is -0.350. The maximum Gasteiger partial charge on any atom is 0.407 e. The second kappa shape index (κ2) is 6.60. The van der Waals surface area contributed by atoms with Crippen LogP contribution in [0.1, 0.15) is 40.2 Å². The Morgan fingerprint density at radius 2 is 1.79 bits per heavy atom. The molecule has 1 rings (SSSR count). The molecule has 0 radical (unpaired) electrons. The fraction of sp³-hybridized carbons (Fsp3) is 0.562. The summed E-state index contributed by atoms with van der Waals surface area (Å²) in [4.78, 5) is 11.8. The van der Waals surface area contributed by atoms with E-state index in [1.165, 1.54) is 0 Å². The van der Waals surface area contributed by atoms with Crippen LogP contribution < -0.4 is 5.32 Å². The highest BCUT2D eigenvalue weighted by Crippen LogP contribution is 2.25. The molecule has 0 aliphatic rings. The van der Waals surface area contributed by atoms with Crippen LogP contribution in [0.3, 0.4) is 0 Å². The first-order chi connectivity index (χ1) is 8.80. The van der Waals surface area contributed by atoms with Gasteiger partial charge < -0.3 is 10.1 Å². The second-order valence-corrected chi connectivity index (χ2v) is 6.29. The maximum absolute atomic E-state index is 11.8. The van der Waals surface area contributed by atoms with Crippen molar-refractivity contribution in [2.45, 2.75) is 47.3 Å². The number of hydrogen-bond donors (Lipinski definition) is 1. The standard InChI is InChI=1S/C16H25NO2/c1-12(2)14(16(3,4)5)17-15(18)19-11-13-9-7-6-8-10-13/h6-10,12,14H,11H2,1-5H3,(H,17,18). The maximum atomic E-state index is 11.8. The van der Waals surface area contributed by atoms with Crippen molar-refractivity contribution in [3.05, 3.63) is 35.9 Å². The van der Waals surface area contributed by atoms with Crippen LogP contribution in [-0.2, 0) is 11.3 Å². The Bertz CT molecular complexity index is 393. The van der Waals surface area contributed by atoms with E-state index in [0.29, 0.717) is 12.5 Å². The molecular formula is C16H25NO2. The lowest BCUT2D eigenvalue weighted by Crippen LogP contribution is -2.47.